The molecular weight excluding hydrogens is 389 g/mol. The van der Waals surface area contributed by atoms with Crippen molar-refractivity contribution in [3.63, 3.8) is 0 Å². The number of carbonyl (C=O) groups is 1. The predicted molar refractivity (Wildman–Crippen MR) is 96.8 cm³/mol. The third-order valence-corrected chi connectivity index (χ3v) is 5.92. The quantitative estimate of drug-likeness (QED) is 0.688. The van der Waals surface area contributed by atoms with Crippen molar-refractivity contribution in [2.24, 2.45) is 5.92 Å². The second kappa shape index (κ2) is 7.49. The van der Waals surface area contributed by atoms with E-state index in [1.807, 2.05) is 18.2 Å². The zero-order chi connectivity index (χ0) is 20.8. The van der Waals surface area contributed by atoms with Crippen LogP contribution in [0.15, 0.2) is 24.0 Å². The van der Waals surface area contributed by atoms with Crippen molar-refractivity contribution in [1.82, 2.24) is 20.4 Å². The fourth-order valence-corrected chi connectivity index (χ4v) is 4.16. The minimum absolute atomic E-state index is 0.0235. The van der Waals surface area contributed by atoms with E-state index in [9.17, 15) is 23.1 Å². The highest BCUT2D eigenvalue weighted by Gasteiger charge is 2.43. The number of ether oxygens (including phenoxy) is 1. The Morgan fingerprint density at radius 1 is 1.45 bits per heavy atom. The zero-order valence-corrected chi connectivity index (χ0v) is 15.9. The van der Waals surface area contributed by atoms with Gasteiger partial charge in [-0.1, -0.05) is 12.2 Å². The van der Waals surface area contributed by atoms with Gasteiger partial charge in [-0.25, -0.2) is 0 Å². The molecule has 1 amide bonds. The fraction of sp³-hybridized carbons (Fsp3) is 0.579. The molecule has 0 saturated carbocycles. The lowest BCUT2D eigenvalue weighted by molar-refractivity contribution is -0.177. The lowest BCUT2D eigenvalue weighted by Crippen LogP contribution is -2.53. The topological polar surface area (TPSA) is 90.5 Å². The number of hydrogen-bond acceptors (Lipinski definition) is 5. The molecular formula is C19H23F3N4O3. The van der Waals surface area contributed by atoms with Crippen LogP contribution in [0, 0.1) is 5.92 Å². The minimum Gasteiger partial charge on any atom is -0.494 e. The Morgan fingerprint density at radius 3 is 3.00 bits per heavy atom. The summed E-state index contributed by atoms with van der Waals surface area (Å²) >= 11 is 0. The van der Waals surface area contributed by atoms with Gasteiger partial charge in [0, 0.05) is 11.3 Å². The molecule has 2 unspecified atom stereocenters. The van der Waals surface area contributed by atoms with Crippen LogP contribution in [0.4, 0.5) is 13.2 Å². The molecule has 10 heteroatoms. The highest BCUT2D eigenvalue weighted by molar-refractivity contribution is 5.94. The Labute approximate surface area is 165 Å². The summed E-state index contributed by atoms with van der Waals surface area (Å²) in [5.41, 5.74) is 0.813. The molecule has 4 rings (SSSR count). The van der Waals surface area contributed by atoms with Crippen LogP contribution < -0.4 is 5.32 Å². The molecule has 0 radical (unpaired) electrons. The second-order valence-electron chi connectivity index (χ2n) is 7.73. The predicted octanol–water partition coefficient (Wildman–Crippen LogP) is 1.67. The Hall–Kier alpha value is -2.33. The summed E-state index contributed by atoms with van der Waals surface area (Å²) in [5.74, 6) is -1.40. The number of alkyl halides is 3. The molecule has 2 aliphatic carbocycles. The molecule has 1 aromatic rings. The molecule has 0 spiro atoms. The van der Waals surface area contributed by atoms with Crippen molar-refractivity contribution < 1.29 is 27.8 Å². The Morgan fingerprint density at radius 2 is 2.24 bits per heavy atom. The number of nitrogens with zero attached hydrogens (tertiary/aromatic N) is 2. The molecule has 0 aromatic carbocycles. The van der Waals surface area contributed by atoms with E-state index in [4.69, 9.17) is 4.74 Å². The SMILES string of the molecule is CN1C2CC=CC=C2OC[C@H](NC(=O)c2n[nH]c3c2C[C@@H](C(F)(F)F)CC3)C1O. The number of aryl methyl sites for hydroxylation is 1. The van der Waals surface area contributed by atoms with Gasteiger partial charge < -0.3 is 15.2 Å². The van der Waals surface area contributed by atoms with Crippen molar-refractivity contribution in [2.75, 3.05) is 13.7 Å². The van der Waals surface area contributed by atoms with E-state index in [1.165, 1.54) is 0 Å². The van der Waals surface area contributed by atoms with E-state index < -0.39 is 30.3 Å². The van der Waals surface area contributed by atoms with Gasteiger partial charge in [-0.05, 0) is 38.8 Å². The van der Waals surface area contributed by atoms with Crippen molar-refractivity contribution in [3.8, 4) is 0 Å². The Kier molecular flexibility index (Phi) is 5.16. The van der Waals surface area contributed by atoms with Crippen LogP contribution in [-0.2, 0) is 17.6 Å². The first-order valence-electron chi connectivity index (χ1n) is 9.59. The molecule has 1 saturated heterocycles. The molecule has 4 atom stereocenters. The molecule has 158 valence electrons. The van der Waals surface area contributed by atoms with Crippen molar-refractivity contribution in [1.29, 1.82) is 0 Å². The van der Waals surface area contributed by atoms with Crippen LogP contribution in [0.1, 0.15) is 34.6 Å². The number of fused-ring (bicyclic) bond motifs is 2. The van der Waals surface area contributed by atoms with Crippen LogP contribution in [0.2, 0.25) is 0 Å². The number of likely N-dealkylation sites (N-methyl/N-ethyl adjacent to an activating group) is 1. The molecule has 7 nitrogen and oxygen atoms in total. The van der Waals surface area contributed by atoms with Gasteiger partial charge in [0.1, 0.15) is 24.6 Å². The molecule has 29 heavy (non-hydrogen) atoms. The highest BCUT2D eigenvalue weighted by Crippen LogP contribution is 2.37. The van der Waals surface area contributed by atoms with Gasteiger partial charge in [0.05, 0.1) is 12.0 Å². The number of hydrogen-bond donors (Lipinski definition) is 3. The first kappa shape index (κ1) is 20.0. The maximum Gasteiger partial charge on any atom is 0.392 e. The monoisotopic (exact) mass is 412 g/mol. The first-order chi connectivity index (χ1) is 13.8. The third kappa shape index (κ3) is 3.78. The van der Waals surface area contributed by atoms with Gasteiger partial charge in [-0.15, -0.1) is 0 Å². The van der Waals surface area contributed by atoms with Crippen LogP contribution in [0.5, 0.6) is 0 Å². The van der Waals surface area contributed by atoms with Gasteiger partial charge >= 0.3 is 6.18 Å². The fourth-order valence-electron chi connectivity index (χ4n) is 4.16. The lowest BCUT2D eigenvalue weighted by Gasteiger charge is -2.32. The van der Waals surface area contributed by atoms with Crippen LogP contribution >= 0.6 is 0 Å². The third-order valence-electron chi connectivity index (χ3n) is 5.92. The molecule has 3 N–H and O–H groups in total. The maximum absolute atomic E-state index is 13.1. The molecule has 3 aliphatic rings. The highest BCUT2D eigenvalue weighted by atomic mass is 19.4. The molecule has 1 aromatic heterocycles. The summed E-state index contributed by atoms with van der Waals surface area (Å²) in [6.45, 7) is 0.0468. The normalized spacial score (nSPS) is 29.9. The summed E-state index contributed by atoms with van der Waals surface area (Å²) < 4.78 is 45.2. The average Bonchev–Trinajstić information content (AvgIpc) is 3.08. The van der Waals surface area contributed by atoms with Gasteiger partial charge in [0.2, 0.25) is 0 Å². The van der Waals surface area contributed by atoms with E-state index >= 15 is 0 Å². The van der Waals surface area contributed by atoms with E-state index in [2.05, 4.69) is 15.5 Å². The van der Waals surface area contributed by atoms with E-state index in [0.29, 0.717) is 23.4 Å². The molecule has 2 heterocycles. The number of halogens is 3. The molecule has 1 fully saturated rings. The van der Waals surface area contributed by atoms with Gasteiger partial charge in [0.25, 0.3) is 5.91 Å². The number of nitrogens with one attached hydrogen (secondary N) is 2. The van der Waals surface area contributed by atoms with E-state index in [-0.39, 0.29) is 37.6 Å². The number of aromatic amines is 1. The number of aromatic nitrogens is 2. The molecule has 0 bridgehead atoms. The first-order valence-corrected chi connectivity index (χ1v) is 9.59. The summed E-state index contributed by atoms with van der Waals surface area (Å²) in [4.78, 5) is 14.5. The standard InChI is InChI=1S/C19H23F3N4O3/c1-26-14-4-2-3-5-15(14)29-9-13(18(26)28)23-17(27)16-11-8-10(19(20,21)22)6-7-12(11)24-25-16/h2-3,5,10,13-14,18,28H,4,6-9H2,1H3,(H,23,27)(H,24,25)/t10-,13-,14?,18?/m0/s1. The van der Waals surface area contributed by atoms with Crippen LogP contribution in [0.3, 0.4) is 0 Å². The van der Waals surface area contributed by atoms with Crippen molar-refractivity contribution in [2.45, 2.75) is 50.2 Å². The largest absolute Gasteiger partial charge is 0.494 e. The Balaban J connectivity index is 1.50. The smallest absolute Gasteiger partial charge is 0.392 e. The summed E-state index contributed by atoms with van der Waals surface area (Å²) in [7, 11) is 1.74. The zero-order valence-electron chi connectivity index (χ0n) is 15.9. The van der Waals surface area contributed by atoms with Gasteiger partial charge in [-0.3, -0.25) is 14.8 Å². The summed E-state index contributed by atoms with van der Waals surface area (Å²) in [6, 6.07) is -0.893. The second-order valence-corrected chi connectivity index (χ2v) is 7.73. The van der Waals surface area contributed by atoms with Crippen LogP contribution in [-0.4, -0.2) is 64.3 Å². The number of H-pyrrole nitrogens is 1. The number of aliphatic hydroxyl groups excluding tert-OH is 1. The van der Waals surface area contributed by atoms with E-state index in [0.717, 1.165) is 0 Å². The average molecular weight is 412 g/mol. The van der Waals surface area contributed by atoms with Gasteiger partial charge in [-0.2, -0.15) is 18.3 Å². The number of carbonyl (C=O) groups excluding carboxylic acids is 1. The number of aliphatic hydroxyl groups is 1. The Bertz CT molecular complexity index is 848. The van der Waals surface area contributed by atoms with Crippen molar-refractivity contribution >= 4 is 5.91 Å². The minimum atomic E-state index is -4.31. The van der Waals surface area contributed by atoms with E-state index in [1.54, 1.807) is 11.9 Å². The maximum atomic E-state index is 13.1. The van der Waals surface area contributed by atoms with Crippen LogP contribution in [0.25, 0.3) is 0 Å². The number of rotatable bonds is 2. The molecule has 1 aliphatic heterocycles. The number of amides is 1. The van der Waals surface area contributed by atoms with Gasteiger partial charge in [0.15, 0.2) is 5.69 Å². The number of allylic oxidation sites excluding steroid dienone is 2. The summed E-state index contributed by atoms with van der Waals surface area (Å²) in [5, 5.41) is 20.0. The van der Waals surface area contributed by atoms with Crippen molar-refractivity contribution in [3.05, 3.63) is 40.9 Å². The summed E-state index contributed by atoms with van der Waals surface area (Å²) in [6.07, 6.45) is 0.903. The lowest BCUT2D eigenvalue weighted by atomic mass is 9.86.